The zero-order valence-electron chi connectivity index (χ0n) is 4.60. The lowest BCUT2D eigenvalue weighted by atomic mass is 10.8. The van der Waals surface area contributed by atoms with Crippen molar-refractivity contribution < 1.29 is 0 Å². The molecule has 0 spiro atoms. The summed E-state index contributed by atoms with van der Waals surface area (Å²) < 4.78 is 0. The lowest BCUT2D eigenvalue weighted by Gasteiger charge is -1.95. The first-order chi connectivity index (χ1) is 3.31. The zero-order valence-corrected chi connectivity index (χ0v) is 5.50. The van der Waals surface area contributed by atoms with Gasteiger partial charge in [0, 0.05) is 13.6 Å². The molecule has 0 amide bonds. The van der Waals surface area contributed by atoms with E-state index in [4.69, 9.17) is 0 Å². The van der Waals surface area contributed by atoms with Gasteiger partial charge in [0.1, 0.15) is 0 Å². The van der Waals surface area contributed by atoms with Crippen LogP contribution in [0.1, 0.15) is 6.92 Å². The second-order valence-electron chi connectivity index (χ2n) is 1.08. The van der Waals surface area contributed by atoms with Crippen LogP contribution in [0.5, 0.6) is 0 Å². The predicted molar refractivity (Wildman–Crippen MR) is 36.0 cm³/mol. The van der Waals surface area contributed by atoms with Crippen LogP contribution in [0.25, 0.3) is 0 Å². The van der Waals surface area contributed by atoms with Crippen molar-refractivity contribution in [3.8, 4) is 0 Å². The Balaban J connectivity index is 3.17. The van der Waals surface area contributed by atoms with Crippen LogP contribution in [-0.4, -0.2) is 18.8 Å². The number of hydrogen-bond acceptors (Lipinski definition) is 1. The Bertz CT molecular complexity index is 70.1. The molecule has 1 N–H and O–H groups in total. The normalized spacial score (nSPS) is 11.6. The van der Waals surface area contributed by atoms with E-state index in [0.717, 1.165) is 6.54 Å². The lowest BCUT2D eigenvalue weighted by molar-refractivity contribution is 0.979. The molecule has 7 heavy (non-hydrogen) atoms. The highest BCUT2D eigenvalue weighted by Crippen LogP contribution is 1.73. The molecule has 0 saturated carbocycles. The largest absolute Gasteiger partial charge is 0.365 e. The molecule has 0 saturated heterocycles. The van der Waals surface area contributed by atoms with Crippen molar-refractivity contribution in [2.75, 3.05) is 13.6 Å². The Morgan fingerprint density at radius 1 is 1.86 bits per heavy atom. The third-order valence-electron chi connectivity index (χ3n) is 0.547. The third kappa shape index (κ3) is 3.66. The minimum atomic E-state index is 0.697. The van der Waals surface area contributed by atoms with Gasteiger partial charge < -0.3 is 5.32 Å². The zero-order chi connectivity index (χ0) is 5.70. The molecular formula is C4H10N2S. The summed E-state index contributed by atoms with van der Waals surface area (Å²) in [6.07, 6.45) is 0. The first kappa shape index (κ1) is 6.82. The number of aliphatic imine (C=N–C) groups is 1. The van der Waals surface area contributed by atoms with E-state index in [1.165, 1.54) is 0 Å². The Hall–Kier alpha value is -0.180. The van der Waals surface area contributed by atoms with Gasteiger partial charge in [0.2, 0.25) is 0 Å². The van der Waals surface area contributed by atoms with Crippen LogP contribution in [0.3, 0.4) is 0 Å². The molecule has 0 aromatic rings. The molecule has 42 valence electrons. The second kappa shape index (κ2) is 3.99. The van der Waals surface area contributed by atoms with Gasteiger partial charge >= 0.3 is 0 Å². The average molecular weight is 118 g/mol. The van der Waals surface area contributed by atoms with E-state index in [0.29, 0.717) is 5.17 Å². The van der Waals surface area contributed by atoms with E-state index < -0.39 is 0 Å². The van der Waals surface area contributed by atoms with Crippen molar-refractivity contribution in [3.05, 3.63) is 0 Å². The molecule has 0 aromatic heterocycles. The maximum Gasteiger partial charge on any atom is 0.153 e. The molecule has 0 bridgehead atoms. The first-order valence-corrected chi connectivity index (χ1v) is 2.65. The fourth-order valence-electron chi connectivity index (χ4n) is 0.237. The third-order valence-corrected chi connectivity index (χ3v) is 0.905. The average Bonchev–Trinajstić information content (AvgIpc) is 1.68. The van der Waals surface area contributed by atoms with Crippen LogP contribution in [0.15, 0.2) is 4.99 Å². The number of nitrogens with one attached hydrogen (secondary N) is 1. The van der Waals surface area contributed by atoms with Crippen LogP contribution in [0.2, 0.25) is 0 Å². The summed E-state index contributed by atoms with van der Waals surface area (Å²) in [4.78, 5) is 3.75. The molecule has 3 heteroatoms. The van der Waals surface area contributed by atoms with Gasteiger partial charge in [-0.25, -0.2) is 0 Å². The van der Waals surface area contributed by atoms with Crippen LogP contribution in [-0.2, 0) is 0 Å². The van der Waals surface area contributed by atoms with Crippen LogP contribution in [0.4, 0.5) is 0 Å². The highest BCUT2D eigenvalue weighted by Gasteiger charge is 1.78. The van der Waals surface area contributed by atoms with Crippen molar-refractivity contribution >= 4 is 17.8 Å². The summed E-state index contributed by atoms with van der Waals surface area (Å²) in [5, 5.41) is 3.61. The first-order valence-electron chi connectivity index (χ1n) is 2.21. The summed E-state index contributed by atoms with van der Waals surface area (Å²) in [5.41, 5.74) is 0. The van der Waals surface area contributed by atoms with Gasteiger partial charge in [0.05, 0.1) is 0 Å². The minimum absolute atomic E-state index is 0.697. The summed E-state index contributed by atoms with van der Waals surface area (Å²) in [7, 11) is 1.70. The van der Waals surface area contributed by atoms with E-state index in [9.17, 15) is 0 Å². The summed E-state index contributed by atoms with van der Waals surface area (Å²) in [6.45, 7) is 2.89. The Morgan fingerprint density at radius 2 is 2.43 bits per heavy atom. The Kier molecular flexibility index (Phi) is 3.89. The van der Waals surface area contributed by atoms with Gasteiger partial charge in [-0.3, -0.25) is 4.99 Å². The molecule has 0 unspecified atom stereocenters. The number of nitrogens with zero attached hydrogens (tertiary/aromatic N) is 1. The van der Waals surface area contributed by atoms with Crippen LogP contribution < -0.4 is 5.32 Å². The van der Waals surface area contributed by atoms with Gasteiger partial charge in [0.25, 0.3) is 0 Å². The minimum Gasteiger partial charge on any atom is -0.365 e. The van der Waals surface area contributed by atoms with E-state index in [1.807, 2.05) is 6.92 Å². The van der Waals surface area contributed by atoms with Crippen molar-refractivity contribution in [1.82, 2.24) is 5.32 Å². The summed E-state index contributed by atoms with van der Waals surface area (Å²) in [6, 6.07) is 0. The van der Waals surface area contributed by atoms with E-state index in [-0.39, 0.29) is 0 Å². The second-order valence-corrected chi connectivity index (χ2v) is 1.50. The quantitative estimate of drug-likeness (QED) is 0.293. The van der Waals surface area contributed by atoms with Gasteiger partial charge in [0.15, 0.2) is 5.17 Å². The Morgan fingerprint density at radius 3 is 2.57 bits per heavy atom. The smallest absolute Gasteiger partial charge is 0.153 e. The maximum atomic E-state index is 3.95. The van der Waals surface area contributed by atoms with Crippen molar-refractivity contribution in [3.63, 3.8) is 0 Å². The van der Waals surface area contributed by atoms with Crippen LogP contribution >= 0.6 is 12.6 Å². The number of hydrogen-bond donors (Lipinski definition) is 2. The SMILES string of the molecule is CCN/C(S)=N/C. The molecule has 0 aromatic carbocycles. The van der Waals surface area contributed by atoms with Crippen LogP contribution in [0, 0.1) is 0 Å². The molecule has 0 aliphatic rings. The summed E-state index contributed by atoms with van der Waals surface area (Å²) >= 11 is 3.95. The Labute approximate surface area is 49.4 Å². The van der Waals surface area contributed by atoms with E-state index >= 15 is 0 Å². The highest BCUT2D eigenvalue weighted by molar-refractivity contribution is 7.96. The van der Waals surface area contributed by atoms with Crippen molar-refractivity contribution in [1.29, 1.82) is 0 Å². The number of thiol groups is 1. The number of amidine groups is 1. The molecule has 0 fully saturated rings. The lowest BCUT2D eigenvalue weighted by Crippen LogP contribution is -2.16. The number of rotatable bonds is 1. The molecule has 2 nitrogen and oxygen atoms in total. The topological polar surface area (TPSA) is 24.4 Å². The van der Waals surface area contributed by atoms with Gasteiger partial charge in [-0.05, 0) is 6.92 Å². The highest BCUT2D eigenvalue weighted by atomic mass is 32.1. The van der Waals surface area contributed by atoms with Crippen molar-refractivity contribution in [2.24, 2.45) is 4.99 Å². The van der Waals surface area contributed by atoms with Gasteiger partial charge in [-0.1, -0.05) is 0 Å². The molecular weight excluding hydrogens is 108 g/mol. The fraction of sp³-hybridized carbons (Fsp3) is 0.750. The summed E-state index contributed by atoms with van der Waals surface area (Å²) in [5.74, 6) is 0. The maximum absolute atomic E-state index is 3.95. The molecule has 0 atom stereocenters. The molecule has 0 radical (unpaired) electrons. The standard InChI is InChI=1S/C4H10N2S/c1-3-6-4(7)5-2/h3H2,1-2H3,(H2,5,6,7). The fourth-order valence-corrected chi connectivity index (χ4v) is 0.395. The molecule has 0 heterocycles. The monoisotopic (exact) mass is 118 g/mol. The van der Waals surface area contributed by atoms with E-state index in [1.54, 1.807) is 7.05 Å². The predicted octanol–water partition coefficient (Wildman–Crippen LogP) is 0.512. The van der Waals surface area contributed by atoms with E-state index in [2.05, 4.69) is 22.9 Å². The van der Waals surface area contributed by atoms with Crippen molar-refractivity contribution in [2.45, 2.75) is 6.92 Å². The molecule has 0 aliphatic heterocycles. The molecule has 0 rings (SSSR count). The van der Waals surface area contributed by atoms with Gasteiger partial charge in [-0.2, -0.15) is 0 Å². The van der Waals surface area contributed by atoms with Gasteiger partial charge in [-0.15, -0.1) is 12.6 Å². The molecule has 0 aliphatic carbocycles.